The van der Waals surface area contributed by atoms with E-state index in [9.17, 15) is 0 Å². The smallest absolute Gasteiger partial charge is 0.189 e. The molecule has 134 valence electrons. The third-order valence-electron chi connectivity index (χ3n) is 3.63. The van der Waals surface area contributed by atoms with Gasteiger partial charge in [-0.05, 0) is 55.4 Å². The molecule has 0 aliphatic carbocycles. The first-order valence-electron chi connectivity index (χ1n) is 7.89. The fraction of sp³-hybridized carbons (Fsp3) is 0.167. The number of nitrogens with zero attached hydrogens (tertiary/aromatic N) is 2. The van der Waals surface area contributed by atoms with Crippen LogP contribution in [0, 0.1) is 0 Å². The van der Waals surface area contributed by atoms with Crippen LogP contribution in [0.4, 0.5) is 5.13 Å². The third-order valence-corrected chi connectivity index (χ3v) is 5.32. The van der Waals surface area contributed by atoms with Crippen molar-refractivity contribution in [1.29, 1.82) is 0 Å². The number of nitrogens with one attached hydrogen (secondary N) is 2. The van der Waals surface area contributed by atoms with Crippen LogP contribution in [-0.4, -0.2) is 21.1 Å². The third kappa shape index (κ3) is 4.92. The zero-order valence-electron chi connectivity index (χ0n) is 13.9. The molecule has 1 atom stereocenters. The predicted octanol–water partition coefficient (Wildman–Crippen LogP) is 5.43. The lowest BCUT2D eigenvalue weighted by molar-refractivity contribution is 0.664. The second kappa shape index (κ2) is 8.77. The van der Waals surface area contributed by atoms with Gasteiger partial charge in [-0.2, -0.15) is 0 Å². The summed E-state index contributed by atoms with van der Waals surface area (Å²) in [7, 11) is 0. The molecule has 0 aliphatic rings. The molecule has 1 aromatic carbocycles. The molecule has 0 saturated heterocycles. The maximum Gasteiger partial charge on any atom is 0.189 e. The van der Waals surface area contributed by atoms with Crippen molar-refractivity contribution >= 4 is 57.0 Å². The monoisotopic (exact) mass is 422 g/mol. The highest BCUT2D eigenvalue weighted by Gasteiger charge is 2.12. The fourth-order valence-electron chi connectivity index (χ4n) is 2.42. The molecule has 0 radical (unpaired) electrons. The molecule has 3 rings (SSSR count). The minimum atomic E-state index is 0.0603. The summed E-state index contributed by atoms with van der Waals surface area (Å²) in [6, 6.07) is 9.42. The molecule has 0 amide bonds. The summed E-state index contributed by atoms with van der Waals surface area (Å²) < 4.78 is 0. The molecular weight excluding hydrogens is 407 g/mol. The maximum absolute atomic E-state index is 6.23. The van der Waals surface area contributed by atoms with Crippen LogP contribution in [0.25, 0.3) is 11.3 Å². The number of halogens is 2. The highest BCUT2D eigenvalue weighted by Crippen LogP contribution is 2.26. The molecule has 4 nitrogen and oxygen atoms in total. The lowest BCUT2D eigenvalue weighted by atomic mass is 10.1. The molecule has 2 aromatic heterocycles. The average Bonchev–Trinajstić information content (AvgIpc) is 3.07. The van der Waals surface area contributed by atoms with Crippen molar-refractivity contribution in [2.45, 2.75) is 19.4 Å². The minimum Gasteiger partial charge on any atom is -0.360 e. The number of rotatable bonds is 5. The Morgan fingerprint density at radius 2 is 2.00 bits per heavy atom. The van der Waals surface area contributed by atoms with Gasteiger partial charge in [-0.3, -0.25) is 4.98 Å². The number of pyridine rings is 1. The first kappa shape index (κ1) is 19.0. The predicted molar refractivity (Wildman–Crippen MR) is 114 cm³/mol. The first-order chi connectivity index (χ1) is 12.5. The molecule has 0 bridgehead atoms. The van der Waals surface area contributed by atoms with E-state index < -0.39 is 0 Å². The normalized spacial score (nSPS) is 11.8. The van der Waals surface area contributed by atoms with Crippen molar-refractivity contribution in [1.82, 2.24) is 15.3 Å². The number of hydrogen-bond acceptors (Lipinski definition) is 4. The molecule has 0 saturated carbocycles. The zero-order valence-corrected chi connectivity index (χ0v) is 17.0. The van der Waals surface area contributed by atoms with Crippen LogP contribution in [0.15, 0.2) is 48.1 Å². The molecule has 1 unspecified atom stereocenters. The van der Waals surface area contributed by atoms with Gasteiger partial charge in [0.25, 0.3) is 0 Å². The van der Waals surface area contributed by atoms with Crippen LogP contribution < -0.4 is 10.6 Å². The molecule has 2 N–H and O–H groups in total. The molecule has 0 fully saturated rings. The highest BCUT2D eigenvalue weighted by atomic mass is 35.5. The van der Waals surface area contributed by atoms with Gasteiger partial charge in [-0.1, -0.05) is 29.3 Å². The van der Waals surface area contributed by atoms with Crippen LogP contribution in [-0.2, 0) is 6.42 Å². The molecule has 3 aromatic rings. The van der Waals surface area contributed by atoms with Crippen molar-refractivity contribution in [3.8, 4) is 11.3 Å². The van der Waals surface area contributed by atoms with Crippen molar-refractivity contribution < 1.29 is 0 Å². The van der Waals surface area contributed by atoms with Crippen molar-refractivity contribution in [2.24, 2.45) is 0 Å². The van der Waals surface area contributed by atoms with Gasteiger partial charge in [0.1, 0.15) is 0 Å². The second-order valence-corrected chi connectivity index (χ2v) is 7.76. The topological polar surface area (TPSA) is 49.8 Å². The standard InChI is InChI=1S/C18H16Cl2N4S2/c1-11(8-13-14(19)5-2-6-15(13)20)22-17(25)24-18-23-16(10-26-18)12-4-3-7-21-9-12/h2-7,9-11H,8H2,1H3,(H2,22,23,24,25). The van der Waals surface area contributed by atoms with E-state index in [1.807, 2.05) is 42.6 Å². The van der Waals surface area contributed by atoms with Gasteiger partial charge in [0, 0.05) is 39.4 Å². The Hall–Kier alpha value is -1.73. The summed E-state index contributed by atoms with van der Waals surface area (Å²) in [4.78, 5) is 8.65. The molecular formula is C18H16Cl2N4S2. The van der Waals surface area contributed by atoms with Crippen LogP contribution in [0.1, 0.15) is 12.5 Å². The number of thiazole rings is 1. The minimum absolute atomic E-state index is 0.0603. The van der Waals surface area contributed by atoms with Crippen LogP contribution in [0.3, 0.4) is 0 Å². The number of hydrogen-bond donors (Lipinski definition) is 2. The van der Waals surface area contributed by atoms with Crippen molar-refractivity contribution in [3.05, 3.63) is 63.7 Å². The zero-order chi connectivity index (χ0) is 18.5. The van der Waals surface area contributed by atoms with Gasteiger partial charge in [-0.25, -0.2) is 4.98 Å². The van der Waals surface area contributed by atoms with Gasteiger partial charge in [-0.15, -0.1) is 11.3 Å². The van der Waals surface area contributed by atoms with Gasteiger partial charge in [0.15, 0.2) is 10.2 Å². The Morgan fingerprint density at radius 3 is 2.69 bits per heavy atom. The lowest BCUT2D eigenvalue weighted by Crippen LogP contribution is -2.37. The van der Waals surface area contributed by atoms with Gasteiger partial charge in [0.05, 0.1) is 5.69 Å². The van der Waals surface area contributed by atoms with E-state index in [1.165, 1.54) is 11.3 Å². The number of benzene rings is 1. The summed E-state index contributed by atoms with van der Waals surface area (Å²) in [5, 5.41) is 10.9. The Labute approximate surface area is 171 Å². The van der Waals surface area contributed by atoms with E-state index in [0.29, 0.717) is 21.6 Å². The molecule has 0 aliphatic heterocycles. The number of anilines is 1. The van der Waals surface area contributed by atoms with Gasteiger partial charge in [0.2, 0.25) is 0 Å². The van der Waals surface area contributed by atoms with E-state index in [1.54, 1.807) is 12.4 Å². The van der Waals surface area contributed by atoms with Crippen molar-refractivity contribution in [2.75, 3.05) is 5.32 Å². The highest BCUT2D eigenvalue weighted by molar-refractivity contribution is 7.80. The van der Waals surface area contributed by atoms with Gasteiger partial charge >= 0.3 is 0 Å². The van der Waals surface area contributed by atoms with Crippen LogP contribution >= 0.6 is 46.8 Å². The summed E-state index contributed by atoms with van der Waals surface area (Å²) in [6.07, 6.45) is 4.19. The van der Waals surface area contributed by atoms with E-state index in [-0.39, 0.29) is 6.04 Å². The van der Waals surface area contributed by atoms with E-state index in [2.05, 4.69) is 20.6 Å². The second-order valence-electron chi connectivity index (χ2n) is 5.68. The molecule has 8 heteroatoms. The Morgan fingerprint density at radius 1 is 1.23 bits per heavy atom. The van der Waals surface area contributed by atoms with E-state index in [4.69, 9.17) is 35.4 Å². The molecule has 2 heterocycles. The Balaban J connectivity index is 1.58. The molecule has 26 heavy (non-hydrogen) atoms. The Kier molecular flexibility index (Phi) is 6.43. The number of thiocarbonyl (C=S) groups is 1. The van der Waals surface area contributed by atoms with Crippen molar-refractivity contribution in [3.63, 3.8) is 0 Å². The number of aromatic nitrogens is 2. The fourth-order valence-corrected chi connectivity index (χ4v) is 4.06. The average molecular weight is 423 g/mol. The molecule has 0 spiro atoms. The quantitative estimate of drug-likeness (QED) is 0.536. The van der Waals surface area contributed by atoms with Gasteiger partial charge < -0.3 is 10.6 Å². The lowest BCUT2D eigenvalue weighted by Gasteiger charge is -2.17. The summed E-state index contributed by atoms with van der Waals surface area (Å²) in [5.74, 6) is 0. The summed E-state index contributed by atoms with van der Waals surface area (Å²) in [5.41, 5.74) is 2.74. The summed E-state index contributed by atoms with van der Waals surface area (Å²) in [6.45, 7) is 2.02. The van der Waals surface area contributed by atoms with Crippen LogP contribution in [0.2, 0.25) is 10.0 Å². The summed E-state index contributed by atoms with van der Waals surface area (Å²) >= 11 is 19.3. The van der Waals surface area contributed by atoms with E-state index >= 15 is 0 Å². The van der Waals surface area contributed by atoms with E-state index in [0.717, 1.165) is 22.0 Å². The largest absolute Gasteiger partial charge is 0.360 e. The first-order valence-corrected chi connectivity index (χ1v) is 9.93. The Bertz CT molecular complexity index is 879. The SMILES string of the molecule is CC(Cc1c(Cl)cccc1Cl)NC(=S)Nc1nc(-c2cccnc2)cs1. The maximum atomic E-state index is 6.23. The van der Waals surface area contributed by atoms with Crippen LogP contribution in [0.5, 0.6) is 0 Å².